The predicted octanol–water partition coefficient (Wildman–Crippen LogP) is 4.80. The molecule has 0 aliphatic carbocycles. The van der Waals surface area contributed by atoms with E-state index in [0.29, 0.717) is 17.9 Å². The summed E-state index contributed by atoms with van der Waals surface area (Å²) in [6.07, 6.45) is 0. The third kappa shape index (κ3) is 3.99. The molecular weight excluding hydrogens is 398 g/mol. The summed E-state index contributed by atoms with van der Waals surface area (Å²) in [4.78, 5) is 0. The summed E-state index contributed by atoms with van der Waals surface area (Å²) in [5, 5.41) is 9.88. The fourth-order valence-electron chi connectivity index (χ4n) is 1.84. The van der Waals surface area contributed by atoms with Crippen molar-refractivity contribution in [3.63, 3.8) is 0 Å². The molecule has 0 N–H and O–H groups in total. The van der Waals surface area contributed by atoms with E-state index in [9.17, 15) is 0 Å². The van der Waals surface area contributed by atoms with Crippen molar-refractivity contribution in [3.8, 4) is 17.6 Å². The van der Waals surface area contributed by atoms with Crippen LogP contribution in [0.15, 0.2) is 40.9 Å². The molecule has 2 rings (SSSR count). The van der Waals surface area contributed by atoms with Crippen LogP contribution in [0, 0.1) is 11.3 Å². The molecule has 0 fully saturated rings. The molecule has 0 aliphatic heterocycles. The molecule has 0 unspecified atom stereocenters. The minimum absolute atomic E-state index is 0.394. The maximum absolute atomic E-state index is 9.08. The standard InChI is InChI=1S/C16H13Br2NO2/c1-20-15-4-3-12(6-13(15)9-19)10-21-16-5-2-11(8-17)7-14(16)18/h2-7H,8,10H2,1H3. The highest BCUT2D eigenvalue weighted by Crippen LogP contribution is 2.28. The van der Waals surface area contributed by atoms with E-state index in [1.165, 1.54) is 5.56 Å². The maximum Gasteiger partial charge on any atom is 0.136 e. The van der Waals surface area contributed by atoms with Gasteiger partial charge in [-0.2, -0.15) is 5.26 Å². The Kier molecular flexibility index (Phi) is 5.66. The summed E-state index contributed by atoms with van der Waals surface area (Å²) in [6.45, 7) is 0.394. The molecule has 108 valence electrons. The first-order chi connectivity index (χ1) is 10.2. The van der Waals surface area contributed by atoms with Crippen molar-refractivity contribution in [2.75, 3.05) is 7.11 Å². The van der Waals surface area contributed by atoms with E-state index >= 15 is 0 Å². The molecule has 3 nitrogen and oxygen atoms in total. The third-order valence-electron chi connectivity index (χ3n) is 2.93. The summed E-state index contributed by atoms with van der Waals surface area (Å²) < 4.78 is 11.8. The van der Waals surface area contributed by atoms with Crippen LogP contribution in [0.25, 0.3) is 0 Å². The van der Waals surface area contributed by atoms with E-state index in [1.54, 1.807) is 19.2 Å². The predicted molar refractivity (Wildman–Crippen MR) is 88.8 cm³/mol. The SMILES string of the molecule is COc1ccc(COc2ccc(CBr)cc2Br)cc1C#N. The first kappa shape index (κ1) is 15.9. The fourth-order valence-corrected chi connectivity index (χ4v) is 2.73. The van der Waals surface area contributed by atoms with E-state index in [0.717, 1.165) is 21.1 Å². The summed E-state index contributed by atoms with van der Waals surface area (Å²) in [6, 6.07) is 13.5. The molecule has 2 aromatic carbocycles. The number of alkyl halides is 1. The van der Waals surface area contributed by atoms with Crippen LogP contribution in [0.1, 0.15) is 16.7 Å². The zero-order chi connectivity index (χ0) is 15.2. The quantitative estimate of drug-likeness (QED) is 0.664. The Balaban J connectivity index is 2.11. The van der Waals surface area contributed by atoms with E-state index in [-0.39, 0.29) is 0 Å². The second-order valence-corrected chi connectivity index (χ2v) is 5.75. The van der Waals surface area contributed by atoms with Gasteiger partial charge in [-0.25, -0.2) is 0 Å². The number of methoxy groups -OCH3 is 1. The third-order valence-corrected chi connectivity index (χ3v) is 4.20. The maximum atomic E-state index is 9.08. The van der Waals surface area contributed by atoms with Crippen molar-refractivity contribution < 1.29 is 9.47 Å². The normalized spacial score (nSPS) is 10.0. The van der Waals surface area contributed by atoms with Crippen LogP contribution in [0.5, 0.6) is 11.5 Å². The first-order valence-electron chi connectivity index (χ1n) is 6.22. The lowest BCUT2D eigenvalue weighted by atomic mass is 10.1. The van der Waals surface area contributed by atoms with Gasteiger partial charge in [-0.1, -0.05) is 28.1 Å². The minimum Gasteiger partial charge on any atom is -0.495 e. The van der Waals surface area contributed by atoms with E-state index in [4.69, 9.17) is 14.7 Å². The van der Waals surface area contributed by atoms with Crippen LogP contribution in [-0.4, -0.2) is 7.11 Å². The molecular formula is C16H13Br2NO2. The highest BCUT2D eigenvalue weighted by Gasteiger charge is 2.06. The van der Waals surface area contributed by atoms with Gasteiger partial charge in [0.1, 0.15) is 24.2 Å². The molecule has 0 heterocycles. The molecule has 2 aromatic rings. The average molecular weight is 411 g/mol. The number of hydrogen-bond donors (Lipinski definition) is 0. The second kappa shape index (κ2) is 7.48. The summed E-state index contributed by atoms with van der Waals surface area (Å²) in [7, 11) is 1.55. The molecule has 21 heavy (non-hydrogen) atoms. The zero-order valence-electron chi connectivity index (χ0n) is 11.4. The lowest BCUT2D eigenvalue weighted by molar-refractivity contribution is 0.304. The van der Waals surface area contributed by atoms with Crippen LogP contribution in [0.3, 0.4) is 0 Å². The zero-order valence-corrected chi connectivity index (χ0v) is 14.6. The smallest absolute Gasteiger partial charge is 0.136 e. The first-order valence-corrected chi connectivity index (χ1v) is 8.13. The van der Waals surface area contributed by atoms with Crippen LogP contribution < -0.4 is 9.47 Å². The Hall–Kier alpha value is -1.51. The Morgan fingerprint density at radius 3 is 2.43 bits per heavy atom. The Morgan fingerprint density at radius 1 is 1.10 bits per heavy atom. The molecule has 0 radical (unpaired) electrons. The molecule has 0 aromatic heterocycles. The average Bonchev–Trinajstić information content (AvgIpc) is 2.53. The fraction of sp³-hybridized carbons (Fsp3) is 0.188. The van der Waals surface area contributed by atoms with Gasteiger partial charge < -0.3 is 9.47 Å². The summed E-state index contributed by atoms with van der Waals surface area (Å²) in [5.41, 5.74) is 2.60. The Morgan fingerprint density at radius 2 is 1.81 bits per heavy atom. The monoisotopic (exact) mass is 409 g/mol. The number of rotatable bonds is 5. The van der Waals surface area contributed by atoms with Gasteiger partial charge in [0.05, 0.1) is 17.1 Å². The molecule has 0 saturated heterocycles. The van der Waals surface area contributed by atoms with Crippen LogP contribution in [0.2, 0.25) is 0 Å². The Labute approximate surface area is 140 Å². The molecule has 5 heteroatoms. The number of ether oxygens (including phenoxy) is 2. The molecule has 0 aliphatic rings. The van der Waals surface area contributed by atoms with Crippen molar-refractivity contribution in [2.24, 2.45) is 0 Å². The van der Waals surface area contributed by atoms with Gasteiger partial charge in [-0.15, -0.1) is 0 Å². The number of nitrogens with zero attached hydrogens (tertiary/aromatic N) is 1. The summed E-state index contributed by atoms with van der Waals surface area (Å²) in [5.74, 6) is 1.35. The van der Waals surface area contributed by atoms with Crippen molar-refractivity contribution in [1.82, 2.24) is 0 Å². The lowest BCUT2D eigenvalue weighted by Crippen LogP contribution is -1.98. The van der Waals surface area contributed by atoms with E-state index in [1.807, 2.05) is 24.3 Å². The minimum atomic E-state index is 0.394. The molecule has 0 atom stereocenters. The van der Waals surface area contributed by atoms with Gasteiger partial charge in [0.25, 0.3) is 0 Å². The van der Waals surface area contributed by atoms with Crippen molar-refractivity contribution in [3.05, 3.63) is 57.6 Å². The van der Waals surface area contributed by atoms with Crippen molar-refractivity contribution in [2.45, 2.75) is 11.9 Å². The van der Waals surface area contributed by atoms with Gasteiger partial charge in [-0.3, -0.25) is 0 Å². The highest BCUT2D eigenvalue weighted by molar-refractivity contribution is 9.10. The van der Waals surface area contributed by atoms with Crippen LogP contribution in [0.4, 0.5) is 0 Å². The molecule has 0 spiro atoms. The van der Waals surface area contributed by atoms with Crippen LogP contribution in [-0.2, 0) is 11.9 Å². The largest absolute Gasteiger partial charge is 0.495 e. The number of nitriles is 1. The van der Waals surface area contributed by atoms with Crippen molar-refractivity contribution in [1.29, 1.82) is 5.26 Å². The van der Waals surface area contributed by atoms with Gasteiger partial charge in [0.2, 0.25) is 0 Å². The lowest BCUT2D eigenvalue weighted by Gasteiger charge is -2.10. The number of halogens is 2. The number of benzene rings is 2. The van der Waals surface area contributed by atoms with Crippen molar-refractivity contribution >= 4 is 31.9 Å². The molecule has 0 amide bonds. The van der Waals surface area contributed by atoms with Gasteiger partial charge in [0, 0.05) is 5.33 Å². The topological polar surface area (TPSA) is 42.2 Å². The highest BCUT2D eigenvalue weighted by atomic mass is 79.9. The van der Waals surface area contributed by atoms with Crippen LogP contribution >= 0.6 is 31.9 Å². The van der Waals surface area contributed by atoms with Gasteiger partial charge in [-0.05, 0) is 51.3 Å². The Bertz CT molecular complexity index is 680. The number of hydrogen-bond acceptors (Lipinski definition) is 3. The molecule has 0 bridgehead atoms. The second-order valence-electron chi connectivity index (χ2n) is 4.33. The van der Waals surface area contributed by atoms with E-state index < -0.39 is 0 Å². The van der Waals surface area contributed by atoms with Gasteiger partial charge in [0.15, 0.2) is 0 Å². The summed E-state index contributed by atoms with van der Waals surface area (Å²) >= 11 is 6.91. The molecule has 0 saturated carbocycles. The van der Waals surface area contributed by atoms with Gasteiger partial charge >= 0.3 is 0 Å². The van der Waals surface area contributed by atoms with E-state index in [2.05, 4.69) is 37.9 Å².